The standard InChI is InChI=1S/C16H20N4O3S/c1-10(17-11(2)21)15(22)18-12-3-4-13-14(9-12)24-16(19-13)20-5-7-23-8-6-20/h3-4,9-10H,5-8H2,1-2H3,(H,17,21)(H,18,22)/t10-/m0/s1. The summed E-state index contributed by atoms with van der Waals surface area (Å²) in [6.07, 6.45) is 0. The minimum atomic E-state index is -0.580. The maximum atomic E-state index is 12.1. The third-order valence-corrected chi connectivity index (χ3v) is 4.82. The Bertz CT molecular complexity index is 755. The lowest BCUT2D eigenvalue weighted by Gasteiger charge is -2.25. The Hall–Kier alpha value is -2.19. The molecule has 1 aliphatic heterocycles. The Kier molecular flexibility index (Phi) is 4.96. The predicted molar refractivity (Wildman–Crippen MR) is 94.6 cm³/mol. The first-order valence-corrected chi connectivity index (χ1v) is 8.66. The molecule has 0 bridgehead atoms. The van der Waals surface area contributed by atoms with Gasteiger partial charge < -0.3 is 20.3 Å². The molecule has 1 atom stereocenters. The minimum absolute atomic E-state index is 0.231. The van der Waals surface area contributed by atoms with Crippen molar-refractivity contribution < 1.29 is 14.3 Å². The minimum Gasteiger partial charge on any atom is -0.378 e. The lowest BCUT2D eigenvalue weighted by Crippen LogP contribution is -2.40. The smallest absolute Gasteiger partial charge is 0.246 e. The van der Waals surface area contributed by atoms with Gasteiger partial charge in [-0.15, -0.1) is 0 Å². The van der Waals surface area contributed by atoms with Crippen LogP contribution in [0.5, 0.6) is 0 Å². The predicted octanol–water partition coefficient (Wildman–Crippen LogP) is 1.60. The Labute approximate surface area is 144 Å². The quantitative estimate of drug-likeness (QED) is 0.877. The van der Waals surface area contributed by atoms with Crippen LogP contribution in [0.1, 0.15) is 13.8 Å². The van der Waals surface area contributed by atoms with Crippen molar-refractivity contribution >= 4 is 44.2 Å². The normalized spacial score (nSPS) is 16.0. The molecule has 2 amide bonds. The van der Waals surface area contributed by atoms with E-state index in [9.17, 15) is 9.59 Å². The monoisotopic (exact) mass is 348 g/mol. The summed E-state index contributed by atoms with van der Waals surface area (Å²) in [4.78, 5) is 30.0. The van der Waals surface area contributed by atoms with Crippen molar-refractivity contribution in [3.63, 3.8) is 0 Å². The van der Waals surface area contributed by atoms with Gasteiger partial charge in [0.2, 0.25) is 11.8 Å². The molecule has 7 nitrogen and oxygen atoms in total. The molecule has 2 N–H and O–H groups in total. The highest BCUT2D eigenvalue weighted by Gasteiger charge is 2.17. The van der Waals surface area contributed by atoms with Crippen LogP contribution < -0.4 is 15.5 Å². The maximum Gasteiger partial charge on any atom is 0.246 e. The molecule has 128 valence electrons. The number of thiazole rings is 1. The van der Waals surface area contributed by atoms with Crippen LogP contribution in [0.15, 0.2) is 18.2 Å². The lowest BCUT2D eigenvalue weighted by molar-refractivity contribution is -0.124. The van der Waals surface area contributed by atoms with E-state index in [2.05, 4.69) is 20.5 Å². The largest absolute Gasteiger partial charge is 0.378 e. The van der Waals surface area contributed by atoms with Gasteiger partial charge in [-0.3, -0.25) is 9.59 Å². The fourth-order valence-corrected chi connectivity index (χ4v) is 3.56. The average molecular weight is 348 g/mol. The highest BCUT2D eigenvalue weighted by atomic mass is 32.1. The van der Waals surface area contributed by atoms with Gasteiger partial charge in [-0.1, -0.05) is 11.3 Å². The van der Waals surface area contributed by atoms with Gasteiger partial charge >= 0.3 is 0 Å². The number of ether oxygens (including phenoxy) is 1. The van der Waals surface area contributed by atoms with Gasteiger partial charge in [0, 0.05) is 25.7 Å². The summed E-state index contributed by atoms with van der Waals surface area (Å²) >= 11 is 1.60. The number of amides is 2. The number of aromatic nitrogens is 1. The molecular formula is C16H20N4O3S. The zero-order chi connectivity index (χ0) is 17.1. The van der Waals surface area contributed by atoms with E-state index in [1.54, 1.807) is 18.3 Å². The number of anilines is 2. The summed E-state index contributed by atoms with van der Waals surface area (Å²) in [6, 6.07) is 5.05. The van der Waals surface area contributed by atoms with Gasteiger partial charge in [0.25, 0.3) is 0 Å². The SMILES string of the molecule is CC(=O)N[C@@H](C)C(=O)Nc1ccc2nc(N3CCOCC3)sc2c1. The summed E-state index contributed by atoms with van der Waals surface area (Å²) in [7, 11) is 0. The number of hydrogen-bond donors (Lipinski definition) is 2. The first-order chi connectivity index (χ1) is 11.5. The van der Waals surface area contributed by atoms with Gasteiger partial charge in [0.05, 0.1) is 23.4 Å². The molecule has 1 aliphatic rings. The molecule has 24 heavy (non-hydrogen) atoms. The first kappa shape index (κ1) is 16.7. The fraction of sp³-hybridized carbons (Fsp3) is 0.438. The first-order valence-electron chi connectivity index (χ1n) is 7.84. The highest BCUT2D eigenvalue weighted by molar-refractivity contribution is 7.22. The summed E-state index contributed by atoms with van der Waals surface area (Å²) in [5, 5.41) is 6.36. The van der Waals surface area contributed by atoms with E-state index in [4.69, 9.17) is 4.74 Å². The number of morpholine rings is 1. The van der Waals surface area contributed by atoms with Crippen molar-refractivity contribution in [2.45, 2.75) is 19.9 Å². The molecule has 2 heterocycles. The Morgan fingerprint density at radius 2 is 2.08 bits per heavy atom. The molecule has 1 aromatic carbocycles. The van der Waals surface area contributed by atoms with Crippen LogP contribution in [0, 0.1) is 0 Å². The number of fused-ring (bicyclic) bond motifs is 1. The van der Waals surface area contributed by atoms with Crippen LogP contribution in [0.3, 0.4) is 0 Å². The molecule has 0 aliphatic carbocycles. The number of carbonyl (C=O) groups is 2. The number of nitrogens with zero attached hydrogens (tertiary/aromatic N) is 2. The van der Waals surface area contributed by atoms with E-state index >= 15 is 0 Å². The second-order valence-electron chi connectivity index (χ2n) is 5.69. The van der Waals surface area contributed by atoms with Crippen molar-refractivity contribution in [1.82, 2.24) is 10.3 Å². The van der Waals surface area contributed by atoms with Gasteiger partial charge in [0.15, 0.2) is 5.13 Å². The van der Waals surface area contributed by atoms with Crippen molar-refractivity contribution in [1.29, 1.82) is 0 Å². The Balaban J connectivity index is 1.73. The van der Waals surface area contributed by atoms with Gasteiger partial charge in [0.1, 0.15) is 6.04 Å². The summed E-state index contributed by atoms with van der Waals surface area (Å²) in [5.74, 6) is -0.479. The van der Waals surface area contributed by atoms with Crippen LogP contribution in [0.2, 0.25) is 0 Å². The third-order valence-electron chi connectivity index (χ3n) is 3.74. The Morgan fingerprint density at radius 1 is 1.33 bits per heavy atom. The molecule has 1 fully saturated rings. The van der Waals surface area contributed by atoms with Crippen LogP contribution in [0.25, 0.3) is 10.2 Å². The van der Waals surface area contributed by atoms with Crippen LogP contribution in [-0.4, -0.2) is 49.1 Å². The number of benzene rings is 1. The molecule has 1 saturated heterocycles. The number of carbonyl (C=O) groups excluding carboxylic acids is 2. The van der Waals surface area contributed by atoms with Crippen LogP contribution in [-0.2, 0) is 14.3 Å². The molecule has 0 radical (unpaired) electrons. The fourth-order valence-electron chi connectivity index (χ4n) is 2.50. The van der Waals surface area contributed by atoms with E-state index in [0.717, 1.165) is 41.7 Å². The van der Waals surface area contributed by atoms with Crippen molar-refractivity contribution in [2.75, 3.05) is 36.5 Å². The topological polar surface area (TPSA) is 83.6 Å². The Morgan fingerprint density at radius 3 is 2.79 bits per heavy atom. The molecule has 3 rings (SSSR count). The molecule has 2 aromatic rings. The summed E-state index contributed by atoms with van der Waals surface area (Å²) < 4.78 is 6.38. The van der Waals surface area contributed by atoms with Gasteiger partial charge in [-0.05, 0) is 25.1 Å². The zero-order valence-electron chi connectivity index (χ0n) is 13.7. The maximum absolute atomic E-state index is 12.1. The van der Waals surface area contributed by atoms with Crippen molar-refractivity contribution in [3.8, 4) is 0 Å². The summed E-state index contributed by atoms with van der Waals surface area (Å²) in [6.45, 7) is 6.17. The molecule has 1 aromatic heterocycles. The van der Waals surface area contributed by atoms with Gasteiger partial charge in [-0.2, -0.15) is 0 Å². The number of hydrogen-bond acceptors (Lipinski definition) is 6. The summed E-state index contributed by atoms with van der Waals surface area (Å²) in [5.41, 5.74) is 1.61. The molecular weight excluding hydrogens is 328 g/mol. The number of nitrogens with one attached hydrogen (secondary N) is 2. The van der Waals surface area contributed by atoms with E-state index in [1.807, 2.05) is 18.2 Å². The van der Waals surface area contributed by atoms with E-state index < -0.39 is 6.04 Å². The second kappa shape index (κ2) is 7.14. The zero-order valence-corrected chi connectivity index (χ0v) is 14.5. The average Bonchev–Trinajstić information content (AvgIpc) is 2.98. The van der Waals surface area contributed by atoms with Crippen LogP contribution in [0.4, 0.5) is 10.8 Å². The highest BCUT2D eigenvalue weighted by Crippen LogP contribution is 2.31. The van der Waals surface area contributed by atoms with E-state index in [-0.39, 0.29) is 11.8 Å². The molecule has 0 spiro atoms. The van der Waals surface area contributed by atoms with Crippen molar-refractivity contribution in [3.05, 3.63) is 18.2 Å². The molecule has 0 saturated carbocycles. The third kappa shape index (κ3) is 3.82. The number of rotatable bonds is 4. The van der Waals surface area contributed by atoms with Gasteiger partial charge in [-0.25, -0.2) is 4.98 Å². The second-order valence-corrected chi connectivity index (χ2v) is 6.70. The van der Waals surface area contributed by atoms with E-state index in [1.165, 1.54) is 6.92 Å². The van der Waals surface area contributed by atoms with E-state index in [0.29, 0.717) is 5.69 Å². The van der Waals surface area contributed by atoms with Crippen LogP contribution >= 0.6 is 11.3 Å². The lowest BCUT2D eigenvalue weighted by atomic mass is 10.2. The molecule has 8 heteroatoms. The molecule has 0 unspecified atom stereocenters. The van der Waals surface area contributed by atoms with Crippen molar-refractivity contribution in [2.24, 2.45) is 0 Å².